The van der Waals surface area contributed by atoms with E-state index >= 15 is 0 Å². The Morgan fingerprint density at radius 1 is 1.85 bits per heavy atom. The third-order valence-electron chi connectivity index (χ3n) is 1.46. The van der Waals surface area contributed by atoms with E-state index in [0.29, 0.717) is 5.56 Å². The number of nitrogens with one attached hydrogen (secondary N) is 1. The molecule has 1 N–H and O–H groups in total. The Balaban J connectivity index is 2.71. The van der Waals surface area contributed by atoms with Gasteiger partial charge >= 0.3 is 0 Å². The van der Waals surface area contributed by atoms with Gasteiger partial charge < -0.3 is 9.73 Å². The predicted molar refractivity (Wildman–Crippen MR) is 49.5 cm³/mol. The van der Waals surface area contributed by atoms with Gasteiger partial charge in [0.25, 0.3) is 5.91 Å². The van der Waals surface area contributed by atoms with Crippen molar-refractivity contribution in [3.63, 3.8) is 0 Å². The normalized spacial score (nSPS) is 11.8. The summed E-state index contributed by atoms with van der Waals surface area (Å²) in [6.45, 7) is 1.70. The van der Waals surface area contributed by atoms with Gasteiger partial charge in [-0.15, -0.1) is 6.42 Å². The molecule has 0 aliphatic rings. The van der Waals surface area contributed by atoms with Crippen molar-refractivity contribution >= 4 is 17.5 Å². The van der Waals surface area contributed by atoms with E-state index in [-0.39, 0.29) is 17.2 Å². The molecule has 0 fully saturated rings. The van der Waals surface area contributed by atoms with Crippen molar-refractivity contribution in [1.82, 2.24) is 5.32 Å². The maximum absolute atomic E-state index is 11.3. The van der Waals surface area contributed by atoms with Gasteiger partial charge in [0.1, 0.15) is 0 Å². The van der Waals surface area contributed by atoms with Gasteiger partial charge in [-0.2, -0.15) is 0 Å². The zero-order valence-electron chi connectivity index (χ0n) is 7.00. The summed E-state index contributed by atoms with van der Waals surface area (Å²) in [6, 6.07) is 1.17. The van der Waals surface area contributed by atoms with Crippen LogP contribution in [0.2, 0.25) is 5.22 Å². The topological polar surface area (TPSA) is 42.2 Å². The van der Waals surface area contributed by atoms with Gasteiger partial charge in [-0.05, 0) is 24.6 Å². The van der Waals surface area contributed by atoms with Crippen LogP contribution in [0, 0.1) is 12.3 Å². The van der Waals surface area contributed by atoms with Gasteiger partial charge in [-0.3, -0.25) is 4.79 Å². The number of halogens is 1. The number of amides is 1. The maximum atomic E-state index is 11.3. The highest BCUT2D eigenvalue weighted by atomic mass is 35.5. The quantitative estimate of drug-likeness (QED) is 0.734. The molecule has 0 aliphatic carbocycles. The van der Waals surface area contributed by atoms with Crippen LogP contribution in [-0.4, -0.2) is 11.9 Å². The standard InChI is InChI=1S/C9H8ClNO2/c1-3-6(2)11-9(12)7-4-5-13-8(7)10/h1,4-6H,2H3,(H,11,12). The second-order valence-corrected chi connectivity index (χ2v) is 2.81. The molecule has 0 aliphatic heterocycles. The SMILES string of the molecule is C#CC(C)NC(=O)c1ccoc1Cl. The fourth-order valence-corrected chi connectivity index (χ4v) is 0.972. The molecule has 1 heterocycles. The summed E-state index contributed by atoms with van der Waals surface area (Å²) in [5, 5.41) is 2.62. The van der Waals surface area contributed by atoms with Crippen molar-refractivity contribution in [2.75, 3.05) is 0 Å². The Labute approximate surface area is 81.1 Å². The van der Waals surface area contributed by atoms with Crippen LogP contribution in [0.25, 0.3) is 0 Å². The molecular weight excluding hydrogens is 190 g/mol. The Kier molecular flexibility index (Phi) is 2.99. The largest absolute Gasteiger partial charge is 0.452 e. The van der Waals surface area contributed by atoms with Crippen molar-refractivity contribution in [3.8, 4) is 12.3 Å². The summed E-state index contributed by atoms with van der Waals surface area (Å²) in [6.07, 6.45) is 6.44. The van der Waals surface area contributed by atoms with E-state index in [4.69, 9.17) is 22.4 Å². The molecule has 0 spiro atoms. The summed E-state index contributed by atoms with van der Waals surface area (Å²) in [7, 11) is 0. The van der Waals surface area contributed by atoms with E-state index in [1.807, 2.05) is 0 Å². The Morgan fingerprint density at radius 2 is 2.54 bits per heavy atom. The number of furan rings is 1. The highest BCUT2D eigenvalue weighted by Gasteiger charge is 2.13. The molecular formula is C9H8ClNO2. The number of carbonyl (C=O) groups excluding carboxylic acids is 1. The Hall–Kier alpha value is -1.40. The molecule has 1 unspecified atom stereocenters. The highest BCUT2D eigenvalue weighted by Crippen LogP contribution is 2.16. The van der Waals surface area contributed by atoms with E-state index in [1.165, 1.54) is 12.3 Å². The second kappa shape index (κ2) is 4.01. The lowest BCUT2D eigenvalue weighted by Crippen LogP contribution is -2.31. The first-order valence-electron chi connectivity index (χ1n) is 3.65. The molecule has 1 aromatic heterocycles. The van der Waals surface area contributed by atoms with Crippen molar-refractivity contribution < 1.29 is 9.21 Å². The molecule has 1 rings (SSSR count). The minimum Gasteiger partial charge on any atom is -0.452 e. The maximum Gasteiger partial charge on any atom is 0.257 e. The van der Waals surface area contributed by atoms with Crippen LogP contribution in [-0.2, 0) is 0 Å². The Bertz CT molecular complexity index is 351. The van der Waals surface area contributed by atoms with Crippen LogP contribution in [0.1, 0.15) is 17.3 Å². The molecule has 0 bridgehead atoms. The van der Waals surface area contributed by atoms with Crippen LogP contribution in [0.4, 0.5) is 0 Å². The predicted octanol–water partition coefficient (Wildman–Crippen LogP) is 1.68. The van der Waals surface area contributed by atoms with Crippen molar-refractivity contribution in [2.24, 2.45) is 0 Å². The fraction of sp³-hybridized carbons (Fsp3) is 0.222. The zero-order valence-corrected chi connectivity index (χ0v) is 7.76. The Morgan fingerprint density at radius 3 is 3.00 bits per heavy atom. The van der Waals surface area contributed by atoms with Crippen molar-refractivity contribution in [2.45, 2.75) is 13.0 Å². The van der Waals surface area contributed by atoms with Gasteiger partial charge in [-0.25, -0.2) is 0 Å². The van der Waals surface area contributed by atoms with Crippen molar-refractivity contribution in [3.05, 3.63) is 23.1 Å². The van der Waals surface area contributed by atoms with Crippen LogP contribution in [0.3, 0.4) is 0 Å². The molecule has 0 saturated carbocycles. The third-order valence-corrected chi connectivity index (χ3v) is 1.75. The van der Waals surface area contributed by atoms with Gasteiger partial charge in [0.05, 0.1) is 17.9 Å². The molecule has 13 heavy (non-hydrogen) atoms. The lowest BCUT2D eigenvalue weighted by atomic mass is 10.3. The van der Waals surface area contributed by atoms with E-state index in [0.717, 1.165) is 0 Å². The van der Waals surface area contributed by atoms with Crippen LogP contribution in [0.15, 0.2) is 16.7 Å². The molecule has 1 aromatic rings. The molecule has 4 heteroatoms. The number of hydrogen-bond donors (Lipinski definition) is 1. The first kappa shape index (κ1) is 9.69. The molecule has 0 saturated heterocycles. The van der Waals surface area contributed by atoms with E-state index in [9.17, 15) is 4.79 Å². The molecule has 1 amide bonds. The summed E-state index contributed by atoms with van der Waals surface area (Å²) in [4.78, 5) is 11.3. The van der Waals surface area contributed by atoms with Gasteiger partial charge in [0, 0.05) is 0 Å². The van der Waals surface area contributed by atoms with E-state index in [2.05, 4.69) is 11.2 Å². The minimum atomic E-state index is -0.329. The molecule has 68 valence electrons. The molecule has 0 radical (unpaired) electrons. The molecule has 0 aromatic carbocycles. The summed E-state index contributed by atoms with van der Waals surface area (Å²) >= 11 is 5.58. The van der Waals surface area contributed by atoms with Crippen LogP contribution >= 0.6 is 11.6 Å². The number of terminal acetylenes is 1. The first-order valence-corrected chi connectivity index (χ1v) is 4.03. The lowest BCUT2D eigenvalue weighted by Gasteiger charge is -2.05. The molecule has 3 nitrogen and oxygen atoms in total. The van der Waals surface area contributed by atoms with E-state index < -0.39 is 0 Å². The summed E-state index contributed by atoms with van der Waals surface area (Å²) < 4.78 is 4.75. The van der Waals surface area contributed by atoms with E-state index in [1.54, 1.807) is 6.92 Å². The second-order valence-electron chi connectivity index (χ2n) is 2.47. The highest BCUT2D eigenvalue weighted by molar-refractivity contribution is 6.32. The summed E-state index contributed by atoms with van der Waals surface area (Å²) in [5.74, 6) is 2.04. The van der Waals surface area contributed by atoms with Gasteiger partial charge in [-0.1, -0.05) is 5.92 Å². The first-order chi connectivity index (χ1) is 6.15. The van der Waals surface area contributed by atoms with Crippen LogP contribution < -0.4 is 5.32 Å². The zero-order chi connectivity index (χ0) is 9.84. The smallest absolute Gasteiger partial charge is 0.257 e. The van der Waals surface area contributed by atoms with Crippen LogP contribution in [0.5, 0.6) is 0 Å². The van der Waals surface area contributed by atoms with Gasteiger partial charge in [0.15, 0.2) is 0 Å². The fourth-order valence-electron chi connectivity index (χ4n) is 0.772. The summed E-state index contributed by atoms with van der Waals surface area (Å²) in [5.41, 5.74) is 0.295. The monoisotopic (exact) mass is 197 g/mol. The average Bonchev–Trinajstić information content (AvgIpc) is 2.51. The minimum absolute atomic E-state index is 0.0710. The third kappa shape index (κ3) is 2.27. The van der Waals surface area contributed by atoms with Crippen molar-refractivity contribution in [1.29, 1.82) is 0 Å². The number of hydrogen-bond acceptors (Lipinski definition) is 2. The molecule has 1 atom stereocenters. The lowest BCUT2D eigenvalue weighted by molar-refractivity contribution is 0.0947. The van der Waals surface area contributed by atoms with Gasteiger partial charge in [0.2, 0.25) is 5.22 Å². The number of rotatable bonds is 2. The number of carbonyl (C=O) groups is 1. The average molecular weight is 198 g/mol.